The highest BCUT2D eigenvalue weighted by Gasteiger charge is 2.41. The monoisotopic (exact) mass is 593 g/mol. The Kier molecular flexibility index (Phi) is 10.2. The van der Waals surface area contributed by atoms with Crippen molar-refractivity contribution >= 4 is 27.7 Å². The molecular weight excluding hydrogens is 555 g/mol. The number of carbonyl (C=O) groups excluding carboxylic acids is 1. The summed E-state index contributed by atoms with van der Waals surface area (Å²) in [5.41, 5.74) is 2.96. The second-order valence-electron chi connectivity index (χ2n) is 10.7. The molecule has 218 valence electrons. The first-order chi connectivity index (χ1) is 20.0. The predicted molar refractivity (Wildman–Crippen MR) is 165 cm³/mol. The third-order valence-electron chi connectivity index (χ3n) is 8.08. The highest BCUT2D eigenvalue weighted by molar-refractivity contribution is 8.02. The van der Waals surface area contributed by atoms with E-state index in [1.54, 1.807) is 12.1 Å². The number of thioether (sulfide) groups is 1. The van der Waals surface area contributed by atoms with Crippen LogP contribution >= 0.6 is 11.8 Å². The van der Waals surface area contributed by atoms with Gasteiger partial charge in [0.1, 0.15) is 5.37 Å². The molecule has 2 saturated heterocycles. The number of amides is 1. The normalized spacial score (nSPS) is 21.0. The summed E-state index contributed by atoms with van der Waals surface area (Å²) < 4.78 is 28.7. The van der Waals surface area contributed by atoms with E-state index in [1.807, 2.05) is 72.8 Å². The first-order valence-corrected chi connectivity index (χ1v) is 17.0. The molecule has 9 heteroatoms. The molecule has 0 bridgehead atoms. The lowest BCUT2D eigenvalue weighted by atomic mass is 9.97. The van der Waals surface area contributed by atoms with E-state index in [9.17, 15) is 18.3 Å². The first-order valence-electron chi connectivity index (χ1n) is 14.5. The Morgan fingerprint density at radius 2 is 1.61 bits per heavy atom. The number of likely N-dealkylation sites (tertiary alicyclic amines) is 1. The third kappa shape index (κ3) is 7.21. The van der Waals surface area contributed by atoms with Crippen molar-refractivity contribution < 1.29 is 18.3 Å². The first kappa shape index (κ1) is 29.8. The van der Waals surface area contributed by atoms with Crippen LogP contribution in [0.2, 0.25) is 0 Å². The van der Waals surface area contributed by atoms with E-state index >= 15 is 0 Å². The van der Waals surface area contributed by atoms with Crippen LogP contribution in [0.1, 0.15) is 43.7 Å². The van der Waals surface area contributed by atoms with Crippen molar-refractivity contribution in [3.05, 3.63) is 90.5 Å². The Hall–Kier alpha value is -2.69. The molecular formula is C32H39N3O4S2. The van der Waals surface area contributed by atoms with E-state index in [1.165, 1.54) is 22.5 Å². The summed E-state index contributed by atoms with van der Waals surface area (Å²) in [6.45, 7) is 2.27. The van der Waals surface area contributed by atoms with Gasteiger partial charge in [0, 0.05) is 31.5 Å². The van der Waals surface area contributed by atoms with Crippen molar-refractivity contribution in [3.8, 4) is 11.1 Å². The van der Waals surface area contributed by atoms with Crippen LogP contribution in [0.4, 0.5) is 0 Å². The third-order valence-corrected chi connectivity index (χ3v) is 11.3. The fourth-order valence-electron chi connectivity index (χ4n) is 5.87. The molecule has 2 N–H and O–H groups in total. The van der Waals surface area contributed by atoms with Crippen molar-refractivity contribution in [2.75, 3.05) is 32.0 Å². The summed E-state index contributed by atoms with van der Waals surface area (Å²) in [5.74, 6) is 0.280. The van der Waals surface area contributed by atoms with Crippen LogP contribution in [-0.4, -0.2) is 72.0 Å². The van der Waals surface area contributed by atoms with Crippen molar-refractivity contribution in [1.29, 1.82) is 0 Å². The zero-order chi connectivity index (χ0) is 28.7. The van der Waals surface area contributed by atoms with Crippen molar-refractivity contribution in [2.45, 2.75) is 54.5 Å². The van der Waals surface area contributed by atoms with E-state index in [-0.39, 0.29) is 30.0 Å². The fourth-order valence-corrected chi connectivity index (χ4v) is 8.95. The fraction of sp³-hybridized carbons (Fsp3) is 0.406. The van der Waals surface area contributed by atoms with Gasteiger partial charge in [0.25, 0.3) is 0 Å². The Bertz CT molecular complexity index is 1370. The number of hydrogen-bond acceptors (Lipinski definition) is 6. The molecule has 2 heterocycles. The van der Waals surface area contributed by atoms with Crippen LogP contribution in [0.5, 0.6) is 0 Å². The van der Waals surface area contributed by atoms with E-state index in [4.69, 9.17) is 0 Å². The molecule has 7 nitrogen and oxygen atoms in total. The minimum Gasteiger partial charge on any atom is -0.396 e. The van der Waals surface area contributed by atoms with Crippen LogP contribution in [0.25, 0.3) is 11.1 Å². The van der Waals surface area contributed by atoms with Crippen LogP contribution < -0.4 is 5.32 Å². The van der Waals surface area contributed by atoms with Gasteiger partial charge in [-0.2, -0.15) is 4.31 Å². The molecule has 2 aliphatic heterocycles. The number of aliphatic hydroxyl groups is 1. The van der Waals surface area contributed by atoms with E-state index in [2.05, 4.69) is 10.2 Å². The average Bonchev–Trinajstić information content (AvgIpc) is 3.52. The zero-order valence-electron chi connectivity index (χ0n) is 23.3. The molecule has 3 atom stereocenters. The Balaban J connectivity index is 1.30. The topological polar surface area (TPSA) is 90.0 Å². The van der Waals surface area contributed by atoms with Gasteiger partial charge >= 0.3 is 0 Å². The lowest BCUT2D eigenvalue weighted by Gasteiger charge is -2.36. The average molecular weight is 594 g/mol. The SMILES string of the molecule is O=C(NC(CCN1CCCC[C@H]1CCO)c1ccccc1)[C@@H]1SCCN1S(=O)(=O)c1ccc(-c2ccccc2)cc1. The number of benzene rings is 3. The Labute approximate surface area is 248 Å². The molecule has 0 aromatic heterocycles. The standard InChI is InChI=1S/C32H39N3O4S2/c36-23-19-28-13-7-8-20-34(28)21-18-30(27-11-5-2-6-12-27)33-31(37)32-35(22-24-40-32)41(38,39)29-16-14-26(15-17-29)25-9-3-1-4-10-25/h1-6,9-12,14-17,28,30,32,36H,7-8,13,18-24H2,(H,33,37)/t28-,30?,32-/m0/s1. The molecule has 41 heavy (non-hydrogen) atoms. The van der Waals surface area contributed by atoms with Gasteiger partial charge < -0.3 is 15.3 Å². The molecule has 1 amide bonds. The highest BCUT2D eigenvalue weighted by Crippen LogP contribution is 2.32. The zero-order valence-corrected chi connectivity index (χ0v) is 24.9. The summed E-state index contributed by atoms with van der Waals surface area (Å²) in [7, 11) is -3.86. The number of rotatable bonds is 11. The summed E-state index contributed by atoms with van der Waals surface area (Å²) in [4.78, 5) is 16.3. The Morgan fingerprint density at radius 3 is 2.32 bits per heavy atom. The molecule has 0 saturated carbocycles. The van der Waals surface area contributed by atoms with Crippen LogP contribution in [0.15, 0.2) is 89.8 Å². The molecule has 5 rings (SSSR count). The van der Waals surface area contributed by atoms with Crippen molar-refractivity contribution in [3.63, 3.8) is 0 Å². The van der Waals surface area contributed by atoms with Gasteiger partial charge in [0.2, 0.25) is 15.9 Å². The molecule has 3 aromatic carbocycles. The second-order valence-corrected chi connectivity index (χ2v) is 13.8. The number of nitrogens with zero attached hydrogens (tertiary/aromatic N) is 2. The highest BCUT2D eigenvalue weighted by atomic mass is 32.2. The van der Waals surface area contributed by atoms with E-state index in [0.717, 1.165) is 49.0 Å². The Morgan fingerprint density at radius 1 is 0.927 bits per heavy atom. The lowest BCUT2D eigenvalue weighted by molar-refractivity contribution is -0.123. The van der Waals surface area contributed by atoms with Crippen LogP contribution in [0.3, 0.4) is 0 Å². The van der Waals surface area contributed by atoms with Gasteiger partial charge in [-0.3, -0.25) is 4.79 Å². The maximum atomic E-state index is 13.7. The smallest absolute Gasteiger partial charge is 0.249 e. The minimum atomic E-state index is -3.86. The van der Waals surface area contributed by atoms with E-state index in [0.29, 0.717) is 18.2 Å². The molecule has 0 aliphatic carbocycles. The van der Waals surface area contributed by atoms with Crippen LogP contribution in [-0.2, 0) is 14.8 Å². The van der Waals surface area contributed by atoms with Crippen molar-refractivity contribution in [2.24, 2.45) is 0 Å². The van der Waals surface area contributed by atoms with Crippen molar-refractivity contribution in [1.82, 2.24) is 14.5 Å². The number of nitrogens with one attached hydrogen (secondary N) is 1. The summed E-state index contributed by atoms with van der Waals surface area (Å²) in [6.07, 6.45) is 4.88. The molecule has 2 fully saturated rings. The van der Waals surface area contributed by atoms with Gasteiger partial charge in [-0.1, -0.05) is 79.2 Å². The summed E-state index contributed by atoms with van der Waals surface area (Å²) in [5, 5.41) is 11.9. The number of carbonyl (C=O) groups is 1. The van der Waals surface area contributed by atoms with Crippen LogP contribution in [0, 0.1) is 0 Å². The quantitative estimate of drug-likeness (QED) is 0.329. The lowest BCUT2D eigenvalue weighted by Crippen LogP contribution is -2.46. The maximum absolute atomic E-state index is 13.7. The van der Waals surface area contributed by atoms with Gasteiger partial charge in [-0.15, -0.1) is 11.8 Å². The number of aliphatic hydroxyl groups excluding tert-OH is 1. The molecule has 3 aromatic rings. The van der Waals surface area contributed by atoms with E-state index < -0.39 is 15.4 Å². The van der Waals surface area contributed by atoms with Gasteiger partial charge in [0.15, 0.2) is 0 Å². The molecule has 0 radical (unpaired) electrons. The van der Waals surface area contributed by atoms with Gasteiger partial charge in [-0.05, 0) is 61.1 Å². The number of piperidine rings is 1. The molecule has 0 spiro atoms. The van der Waals surface area contributed by atoms with Gasteiger partial charge in [-0.25, -0.2) is 8.42 Å². The second kappa shape index (κ2) is 14.0. The summed E-state index contributed by atoms with van der Waals surface area (Å²) in [6, 6.07) is 26.7. The number of sulfonamides is 1. The maximum Gasteiger partial charge on any atom is 0.249 e. The van der Waals surface area contributed by atoms with Gasteiger partial charge in [0.05, 0.1) is 10.9 Å². The minimum absolute atomic E-state index is 0.179. The molecule has 1 unspecified atom stereocenters. The predicted octanol–water partition coefficient (Wildman–Crippen LogP) is 4.90. The largest absolute Gasteiger partial charge is 0.396 e. The summed E-state index contributed by atoms with van der Waals surface area (Å²) >= 11 is 1.37. The number of hydrogen-bond donors (Lipinski definition) is 2. The molecule has 2 aliphatic rings.